The second-order valence-electron chi connectivity index (χ2n) is 6.14. The van der Waals surface area contributed by atoms with Crippen LogP contribution in [0.25, 0.3) is 0 Å². The maximum atomic E-state index is 12.5. The molecule has 6 heteroatoms. The normalized spacial score (nSPS) is 12.6. The van der Waals surface area contributed by atoms with E-state index in [9.17, 15) is 8.42 Å². The lowest BCUT2D eigenvalue weighted by Crippen LogP contribution is -2.25. The SMILES string of the molecule is Cc1ccc(C(C)(C)C)cc1S(=O)(=O)NCc1ccn[nH]1. The molecule has 0 aliphatic heterocycles. The van der Waals surface area contributed by atoms with Crippen molar-refractivity contribution < 1.29 is 8.42 Å². The van der Waals surface area contributed by atoms with Crippen molar-refractivity contribution in [2.45, 2.75) is 44.6 Å². The fourth-order valence-electron chi connectivity index (χ4n) is 1.99. The van der Waals surface area contributed by atoms with Gasteiger partial charge in [0.2, 0.25) is 10.0 Å². The molecule has 0 bridgehead atoms. The Morgan fingerprint density at radius 2 is 1.95 bits per heavy atom. The minimum absolute atomic E-state index is 0.0959. The number of hydrogen-bond donors (Lipinski definition) is 2. The number of nitrogens with one attached hydrogen (secondary N) is 2. The van der Waals surface area contributed by atoms with Crippen LogP contribution >= 0.6 is 0 Å². The highest BCUT2D eigenvalue weighted by molar-refractivity contribution is 7.89. The summed E-state index contributed by atoms with van der Waals surface area (Å²) in [5.74, 6) is 0. The molecule has 0 amide bonds. The Balaban J connectivity index is 2.31. The predicted octanol–water partition coefficient (Wildman–Crippen LogP) is 2.49. The van der Waals surface area contributed by atoms with Crippen LogP contribution in [0.3, 0.4) is 0 Å². The molecule has 1 heterocycles. The van der Waals surface area contributed by atoms with Gasteiger partial charge in [0.15, 0.2) is 0 Å². The van der Waals surface area contributed by atoms with Crippen LogP contribution < -0.4 is 4.72 Å². The fourth-order valence-corrected chi connectivity index (χ4v) is 3.26. The molecule has 0 aliphatic carbocycles. The summed E-state index contributed by atoms with van der Waals surface area (Å²) in [5.41, 5.74) is 2.36. The van der Waals surface area contributed by atoms with E-state index in [0.29, 0.717) is 4.90 Å². The van der Waals surface area contributed by atoms with Gasteiger partial charge in [0.05, 0.1) is 17.1 Å². The van der Waals surface area contributed by atoms with E-state index < -0.39 is 10.0 Å². The van der Waals surface area contributed by atoms with Crippen LogP contribution in [0.5, 0.6) is 0 Å². The maximum Gasteiger partial charge on any atom is 0.241 e. The lowest BCUT2D eigenvalue weighted by molar-refractivity contribution is 0.574. The summed E-state index contributed by atoms with van der Waals surface area (Å²) in [6.07, 6.45) is 1.59. The zero-order chi connectivity index (χ0) is 15.7. The molecule has 0 fully saturated rings. The summed E-state index contributed by atoms with van der Waals surface area (Å²) in [5, 5.41) is 6.53. The molecule has 114 valence electrons. The topological polar surface area (TPSA) is 74.8 Å². The quantitative estimate of drug-likeness (QED) is 0.911. The van der Waals surface area contributed by atoms with E-state index in [1.165, 1.54) is 0 Å². The molecule has 0 aliphatic rings. The Hall–Kier alpha value is -1.66. The summed E-state index contributed by atoms with van der Waals surface area (Å²) in [6.45, 7) is 8.18. The molecule has 2 N–H and O–H groups in total. The summed E-state index contributed by atoms with van der Waals surface area (Å²) in [4.78, 5) is 0.328. The molecule has 0 saturated heterocycles. The maximum absolute atomic E-state index is 12.5. The first-order chi connectivity index (χ1) is 9.70. The third kappa shape index (κ3) is 3.71. The van der Waals surface area contributed by atoms with Crippen LogP contribution in [0.4, 0.5) is 0 Å². The number of sulfonamides is 1. The summed E-state index contributed by atoms with van der Waals surface area (Å²) in [6, 6.07) is 7.32. The van der Waals surface area contributed by atoms with E-state index >= 15 is 0 Å². The third-order valence-corrected chi connectivity index (χ3v) is 4.90. The Kier molecular flexibility index (Phi) is 4.20. The molecule has 0 unspecified atom stereocenters. The minimum atomic E-state index is -3.55. The highest BCUT2D eigenvalue weighted by Crippen LogP contribution is 2.26. The molecule has 0 saturated carbocycles. The van der Waals surface area contributed by atoms with Gasteiger partial charge >= 0.3 is 0 Å². The molecule has 21 heavy (non-hydrogen) atoms. The first kappa shape index (κ1) is 15.7. The van der Waals surface area contributed by atoms with Crippen LogP contribution in [-0.2, 0) is 22.0 Å². The monoisotopic (exact) mass is 307 g/mol. The van der Waals surface area contributed by atoms with Gasteiger partial charge in [-0.05, 0) is 35.6 Å². The lowest BCUT2D eigenvalue weighted by Gasteiger charge is -2.20. The number of H-pyrrole nitrogens is 1. The second-order valence-corrected chi connectivity index (χ2v) is 7.87. The molecule has 2 rings (SSSR count). The van der Waals surface area contributed by atoms with E-state index in [1.807, 2.05) is 12.1 Å². The molecular formula is C15H21N3O2S. The van der Waals surface area contributed by atoms with E-state index in [0.717, 1.165) is 16.8 Å². The van der Waals surface area contributed by atoms with Gasteiger partial charge in [-0.25, -0.2) is 13.1 Å². The molecule has 2 aromatic rings. The van der Waals surface area contributed by atoms with Crippen molar-refractivity contribution in [2.24, 2.45) is 0 Å². The Bertz CT molecular complexity index is 714. The Labute approximate surface area is 125 Å². The van der Waals surface area contributed by atoms with Crippen LogP contribution in [0.2, 0.25) is 0 Å². The molecule has 1 aromatic carbocycles. The zero-order valence-electron chi connectivity index (χ0n) is 12.8. The molecule has 0 radical (unpaired) electrons. The van der Waals surface area contributed by atoms with E-state index in [-0.39, 0.29) is 12.0 Å². The molecule has 0 atom stereocenters. The van der Waals surface area contributed by atoms with Crippen LogP contribution in [0.1, 0.15) is 37.6 Å². The van der Waals surface area contributed by atoms with Crippen molar-refractivity contribution in [3.05, 3.63) is 47.3 Å². The average Bonchev–Trinajstić information content (AvgIpc) is 2.88. The Morgan fingerprint density at radius 1 is 1.24 bits per heavy atom. The van der Waals surface area contributed by atoms with Crippen molar-refractivity contribution in [3.8, 4) is 0 Å². The fraction of sp³-hybridized carbons (Fsp3) is 0.400. The van der Waals surface area contributed by atoms with E-state index in [2.05, 4.69) is 35.7 Å². The number of nitrogens with zero attached hydrogens (tertiary/aromatic N) is 1. The minimum Gasteiger partial charge on any atom is -0.281 e. The van der Waals surface area contributed by atoms with E-state index in [4.69, 9.17) is 0 Å². The summed E-state index contributed by atoms with van der Waals surface area (Å²) < 4.78 is 27.6. The lowest BCUT2D eigenvalue weighted by atomic mass is 9.87. The summed E-state index contributed by atoms with van der Waals surface area (Å²) >= 11 is 0. The predicted molar refractivity (Wildman–Crippen MR) is 82.5 cm³/mol. The number of aryl methyl sites for hydroxylation is 1. The molecule has 5 nitrogen and oxygen atoms in total. The van der Waals surface area contributed by atoms with E-state index in [1.54, 1.807) is 25.3 Å². The van der Waals surface area contributed by atoms with Gasteiger partial charge < -0.3 is 0 Å². The first-order valence-electron chi connectivity index (χ1n) is 6.79. The summed E-state index contributed by atoms with van der Waals surface area (Å²) in [7, 11) is -3.55. The number of benzene rings is 1. The second kappa shape index (κ2) is 5.61. The number of hydrogen-bond acceptors (Lipinski definition) is 3. The number of rotatable bonds is 4. The molecular weight excluding hydrogens is 286 g/mol. The van der Waals surface area contributed by atoms with Crippen molar-refractivity contribution in [1.82, 2.24) is 14.9 Å². The van der Waals surface area contributed by atoms with Crippen LogP contribution in [0.15, 0.2) is 35.4 Å². The van der Waals surface area contributed by atoms with Gasteiger partial charge in [-0.1, -0.05) is 32.9 Å². The number of aromatic amines is 1. The van der Waals surface area contributed by atoms with Gasteiger partial charge in [-0.15, -0.1) is 0 Å². The largest absolute Gasteiger partial charge is 0.281 e. The highest BCUT2D eigenvalue weighted by atomic mass is 32.2. The highest BCUT2D eigenvalue weighted by Gasteiger charge is 2.21. The van der Waals surface area contributed by atoms with Crippen molar-refractivity contribution in [3.63, 3.8) is 0 Å². The van der Waals surface area contributed by atoms with Crippen molar-refractivity contribution in [1.29, 1.82) is 0 Å². The Morgan fingerprint density at radius 3 is 2.52 bits per heavy atom. The molecule has 1 aromatic heterocycles. The first-order valence-corrected chi connectivity index (χ1v) is 8.27. The van der Waals surface area contributed by atoms with Crippen LogP contribution in [-0.4, -0.2) is 18.6 Å². The standard InChI is InChI=1S/C15H21N3O2S/c1-11-5-6-12(15(2,3)4)9-14(11)21(19,20)17-10-13-7-8-16-18-13/h5-9,17H,10H2,1-4H3,(H,16,18). The smallest absolute Gasteiger partial charge is 0.241 e. The van der Waals surface area contributed by atoms with Gasteiger partial charge in [-0.2, -0.15) is 5.10 Å². The average molecular weight is 307 g/mol. The molecule has 0 spiro atoms. The number of aromatic nitrogens is 2. The van der Waals surface area contributed by atoms with Gasteiger partial charge in [-0.3, -0.25) is 5.10 Å². The zero-order valence-corrected chi connectivity index (χ0v) is 13.6. The van der Waals surface area contributed by atoms with Crippen LogP contribution in [0, 0.1) is 6.92 Å². The van der Waals surface area contributed by atoms with Crippen molar-refractivity contribution >= 4 is 10.0 Å². The van der Waals surface area contributed by atoms with Gasteiger partial charge in [0.1, 0.15) is 0 Å². The third-order valence-electron chi connectivity index (χ3n) is 3.35. The van der Waals surface area contributed by atoms with Crippen molar-refractivity contribution in [2.75, 3.05) is 0 Å². The van der Waals surface area contributed by atoms with Gasteiger partial charge in [0.25, 0.3) is 0 Å². The van der Waals surface area contributed by atoms with Gasteiger partial charge in [0, 0.05) is 6.20 Å².